The van der Waals surface area contributed by atoms with Gasteiger partial charge >= 0.3 is 5.97 Å². The molecule has 2 rings (SSSR count). The van der Waals surface area contributed by atoms with Crippen molar-refractivity contribution < 1.29 is 14.3 Å². The highest BCUT2D eigenvalue weighted by molar-refractivity contribution is 6.31. The average molecular weight is 305 g/mol. The molecule has 2 aromatic carbocycles. The highest BCUT2D eigenvalue weighted by Gasteiger charge is 2.09. The van der Waals surface area contributed by atoms with Gasteiger partial charge in [-0.15, -0.1) is 0 Å². The van der Waals surface area contributed by atoms with Gasteiger partial charge in [0.05, 0.1) is 0 Å². The molecule has 0 amide bonds. The smallest absolute Gasteiger partial charge is 0.349 e. The molecule has 0 saturated carbocycles. The summed E-state index contributed by atoms with van der Waals surface area (Å²) in [5.74, 6) is 0.724. The van der Waals surface area contributed by atoms with Crippen LogP contribution in [0.15, 0.2) is 36.4 Å². The zero-order valence-electron chi connectivity index (χ0n) is 12.3. The molecule has 0 saturated heterocycles. The molecule has 0 radical (unpaired) electrons. The van der Waals surface area contributed by atoms with Gasteiger partial charge in [0.1, 0.15) is 11.5 Å². The first-order valence-electron chi connectivity index (χ1n) is 6.63. The van der Waals surface area contributed by atoms with Gasteiger partial charge < -0.3 is 9.47 Å². The molecule has 0 bridgehead atoms. The molecule has 0 unspecified atom stereocenters. The zero-order valence-corrected chi connectivity index (χ0v) is 13.0. The number of hydrogen-bond acceptors (Lipinski definition) is 3. The summed E-state index contributed by atoms with van der Waals surface area (Å²) in [5.41, 5.74) is 2.93. The second-order valence-electron chi connectivity index (χ2n) is 4.87. The average Bonchev–Trinajstić information content (AvgIpc) is 2.45. The van der Waals surface area contributed by atoms with Crippen LogP contribution in [0.4, 0.5) is 0 Å². The molecule has 0 aliphatic rings. The molecular weight excluding hydrogens is 288 g/mol. The molecule has 21 heavy (non-hydrogen) atoms. The van der Waals surface area contributed by atoms with Gasteiger partial charge in [-0.3, -0.25) is 0 Å². The summed E-state index contributed by atoms with van der Waals surface area (Å²) < 4.78 is 10.7. The van der Waals surface area contributed by atoms with Crippen LogP contribution < -0.4 is 9.47 Å². The van der Waals surface area contributed by atoms with Gasteiger partial charge in [-0.25, -0.2) is 4.79 Å². The van der Waals surface area contributed by atoms with E-state index in [1.54, 1.807) is 24.3 Å². The molecule has 0 N–H and O–H groups in total. The molecule has 0 fully saturated rings. The Bertz CT molecular complexity index is 665. The van der Waals surface area contributed by atoms with Crippen LogP contribution in [0.1, 0.15) is 16.7 Å². The quantitative estimate of drug-likeness (QED) is 0.626. The van der Waals surface area contributed by atoms with Crippen molar-refractivity contribution in [3.8, 4) is 11.5 Å². The summed E-state index contributed by atoms with van der Waals surface area (Å²) >= 11 is 5.94. The Morgan fingerprint density at radius 2 is 1.86 bits per heavy atom. The second-order valence-corrected chi connectivity index (χ2v) is 5.28. The number of rotatable bonds is 4. The first kappa shape index (κ1) is 15.4. The van der Waals surface area contributed by atoms with E-state index in [1.165, 1.54) is 0 Å². The number of carbonyl (C=O) groups is 1. The van der Waals surface area contributed by atoms with E-state index in [2.05, 4.69) is 0 Å². The number of hydrogen-bond donors (Lipinski definition) is 0. The zero-order chi connectivity index (χ0) is 15.4. The maximum absolute atomic E-state index is 11.8. The lowest BCUT2D eigenvalue weighted by Gasteiger charge is -2.10. The van der Waals surface area contributed by atoms with Crippen LogP contribution in [0.2, 0.25) is 5.02 Å². The monoisotopic (exact) mass is 304 g/mol. The Kier molecular flexibility index (Phi) is 4.86. The Morgan fingerprint density at radius 3 is 2.57 bits per heavy atom. The summed E-state index contributed by atoms with van der Waals surface area (Å²) in [5, 5.41) is 0.667. The van der Waals surface area contributed by atoms with E-state index in [-0.39, 0.29) is 6.61 Å². The van der Waals surface area contributed by atoms with E-state index >= 15 is 0 Å². The lowest BCUT2D eigenvalue weighted by atomic mass is 10.1. The highest BCUT2D eigenvalue weighted by Crippen LogP contribution is 2.22. The Hall–Kier alpha value is -2.00. The normalized spacial score (nSPS) is 10.3. The molecule has 0 aliphatic carbocycles. The first-order valence-corrected chi connectivity index (χ1v) is 7.01. The standard InChI is InChI=1S/C17H17ClO3/c1-11-5-4-6-16(13(11)3)21-17(19)10-20-14-7-8-15(18)12(2)9-14/h4-9H,10H2,1-3H3. The minimum atomic E-state index is -0.434. The second kappa shape index (κ2) is 6.64. The van der Waals surface area contributed by atoms with Gasteiger partial charge in [-0.1, -0.05) is 23.7 Å². The number of carbonyl (C=O) groups excluding carboxylic acids is 1. The van der Waals surface area contributed by atoms with Gasteiger partial charge in [0, 0.05) is 5.02 Å². The number of aryl methyl sites for hydroxylation is 2. The van der Waals surface area contributed by atoms with Crippen molar-refractivity contribution >= 4 is 17.6 Å². The predicted molar refractivity (Wildman–Crippen MR) is 83.2 cm³/mol. The molecule has 0 spiro atoms. The third-order valence-corrected chi connectivity index (χ3v) is 3.69. The van der Waals surface area contributed by atoms with Crippen molar-refractivity contribution in [1.29, 1.82) is 0 Å². The summed E-state index contributed by atoms with van der Waals surface area (Å²) in [6, 6.07) is 10.8. The van der Waals surface area contributed by atoms with Crippen LogP contribution in [0, 0.1) is 20.8 Å². The molecule has 0 atom stereocenters. The largest absolute Gasteiger partial charge is 0.482 e. The van der Waals surface area contributed by atoms with Gasteiger partial charge in [0.2, 0.25) is 0 Å². The van der Waals surface area contributed by atoms with E-state index in [0.717, 1.165) is 16.7 Å². The minimum absolute atomic E-state index is 0.144. The maximum Gasteiger partial charge on any atom is 0.349 e. The Morgan fingerprint density at radius 1 is 1.10 bits per heavy atom. The first-order chi connectivity index (χ1) is 9.97. The van der Waals surface area contributed by atoms with E-state index < -0.39 is 5.97 Å². The van der Waals surface area contributed by atoms with Crippen molar-refractivity contribution in [2.24, 2.45) is 0 Å². The predicted octanol–water partition coefficient (Wildman–Crippen LogP) is 4.25. The lowest BCUT2D eigenvalue weighted by molar-refractivity contribution is -0.136. The fraction of sp³-hybridized carbons (Fsp3) is 0.235. The van der Waals surface area contributed by atoms with Crippen LogP contribution in [-0.4, -0.2) is 12.6 Å². The van der Waals surface area contributed by atoms with Crippen LogP contribution >= 0.6 is 11.6 Å². The SMILES string of the molecule is Cc1cc(OCC(=O)Oc2cccc(C)c2C)ccc1Cl. The fourth-order valence-electron chi connectivity index (χ4n) is 1.84. The van der Waals surface area contributed by atoms with E-state index in [1.807, 2.05) is 32.9 Å². The topological polar surface area (TPSA) is 35.5 Å². The van der Waals surface area contributed by atoms with Gasteiger partial charge in [0.25, 0.3) is 0 Å². The molecule has 0 heterocycles. The third-order valence-electron chi connectivity index (χ3n) is 3.26. The summed E-state index contributed by atoms with van der Waals surface area (Å²) in [7, 11) is 0. The molecular formula is C17H17ClO3. The summed E-state index contributed by atoms with van der Waals surface area (Å²) in [6.07, 6.45) is 0. The highest BCUT2D eigenvalue weighted by atomic mass is 35.5. The molecule has 0 aliphatic heterocycles. The Labute approximate surface area is 129 Å². The molecule has 2 aromatic rings. The molecule has 3 nitrogen and oxygen atoms in total. The molecule has 110 valence electrons. The van der Waals surface area contributed by atoms with E-state index in [9.17, 15) is 4.79 Å². The minimum Gasteiger partial charge on any atom is -0.482 e. The van der Waals surface area contributed by atoms with Gasteiger partial charge in [0.15, 0.2) is 6.61 Å². The van der Waals surface area contributed by atoms with Crippen molar-refractivity contribution in [3.63, 3.8) is 0 Å². The van der Waals surface area contributed by atoms with Crippen LogP contribution in [0.25, 0.3) is 0 Å². The number of halogens is 1. The van der Waals surface area contributed by atoms with Crippen molar-refractivity contribution in [2.45, 2.75) is 20.8 Å². The fourth-order valence-corrected chi connectivity index (χ4v) is 1.95. The summed E-state index contributed by atoms with van der Waals surface area (Å²) in [6.45, 7) is 5.62. The molecule has 4 heteroatoms. The molecule has 0 aromatic heterocycles. The number of ether oxygens (including phenoxy) is 2. The van der Waals surface area contributed by atoms with E-state index in [4.69, 9.17) is 21.1 Å². The van der Waals surface area contributed by atoms with Crippen LogP contribution in [0.5, 0.6) is 11.5 Å². The maximum atomic E-state index is 11.8. The third kappa shape index (κ3) is 3.99. The van der Waals surface area contributed by atoms with Gasteiger partial charge in [-0.2, -0.15) is 0 Å². The number of benzene rings is 2. The van der Waals surface area contributed by atoms with Crippen molar-refractivity contribution in [1.82, 2.24) is 0 Å². The van der Waals surface area contributed by atoms with Crippen molar-refractivity contribution in [3.05, 3.63) is 58.1 Å². The van der Waals surface area contributed by atoms with E-state index in [0.29, 0.717) is 16.5 Å². The summed E-state index contributed by atoms with van der Waals surface area (Å²) in [4.78, 5) is 11.8. The van der Waals surface area contributed by atoms with Crippen LogP contribution in [0.3, 0.4) is 0 Å². The number of esters is 1. The Balaban J connectivity index is 1.96. The lowest BCUT2D eigenvalue weighted by Crippen LogP contribution is -2.18. The van der Waals surface area contributed by atoms with Crippen LogP contribution in [-0.2, 0) is 4.79 Å². The van der Waals surface area contributed by atoms with Crippen molar-refractivity contribution in [2.75, 3.05) is 6.61 Å². The van der Waals surface area contributed by atoms with Gasteiger partial charge in [-0.05, 0) is 61.7 Å².